The van der Waals surface area contributed by atoms with Gasteiger partial charge in [-0.05, 0) is 60.7 Å². The largest absolute Gasteiger partial charge is 0.478 e. The SMILES string of the molecule is Cc1c(C(=O)O)ccc(NS(=O)(=O)c2sc3ccc(Cl)cc3c2C)c1S(C)(=O)=O. The van der Waals surface area contributed by atoms with Crippen molar-refractivity contribution < 1.29 is 26.7 Å². The van der Waals surface area contributed by atoms with Crippen molar-refractivity contribution in [3.8, 4) is 0 Å². The second-order valence-electron chi connectivity index (χ2n) is 6.45. The molecule has 0 bridgehead atoms. The number of sulfonamides is 1. The molecular formula is C18H16ClNO6S3. The summed E-state index contributed by atoms with van der Waals surface area (Å²) < 4.78 is 53.7. The average molecular weight is 474 g/mol. The number of nitrogens with one attached hydrogen (secondary N) is 1. The van der Waals surface area contributed by atoms with Crippen molar-refractivity contribution in [2.24, 2.45) is 0 Å². The number of aromatic carboxylic acids is 1. The van der Waals surface area contributed by atoms with Crippen molar-refractivity contribution in [1.29, 1.82) is 0 Å². The highest BCUT2D eigenvalue weighted by Crippen LogP contribution is 2.37. The topological polar surface area (TPSA) is 118 Å². The van der Waals surface area contributed by atoms with Crippen LogP contribution < -0.4 is 4.72 Å². The molecule has 154 valence electrons. The molecule has 3 aromatic rings. The lowest BCUT2D eigenvalue weighted by molar-refractivity contribution is 0.0696. The maximum atomic E-state index is 13.0. The van der Waals surface area contributed by atoms with E-state index in [9.17, 15) is 26.7 Å². The molecule has 0 aliphatic carbocycles. The van der Waals surface area contributed by atoms with Crippen LogP contribution in [0.2, 0.25) is 5.02 Å². The van der Waals surface area contributed by atoms with E-state index in [4.69, 9.17) is 11.6 Å². The molecule has 7 nitrogen and oxygen atoms in total. The van der Waals surface area contributed by atoms with Crippen LogP contribution in [0.3, 0.4) is 0 Å². The van der Waals surface area contributed by atoms with Gasteiger partial charge in [0, 0.05) is 16.0 Å². The first-order chi connectivity index (χ1) is 13.3. The highest BCUT2D eigenvalue weighted by atomic mass is 35.5. The minimum atomic E-state index is -4.14. The molecule has 0 aliphatic heterocycles. The number of fused-ring (bicyclic) bond motifs is 1. The van der Waals surface area contributed by atoms with E-state index >= 15 is 0 Å². The standard InChI is InChI=1S/C18H16ClNO6S3/c1-9-12(17(21)22)5-6-14(16(9)28(3,23)24)20-29(25,26)18-10(2)13-8-11(19)4-7-15(13)27-18/h4-8,20H,1-3H3,(H,21,22). The van der Waals surface area contributed by atoms with E-state index in [1.165, 1.54) is 13.0 Å². The van der Waals surface area contributed by atoms with Gasteiger partial charge in [0.15, 0.2) is 9.84 Å². The van der Waals surface area contributed by atoms with E-state index in [0.717, 1.165) is 23.7 Å². The predicted molar refractivity (Wildman–Crippen MR) is 114 cm³/mol. The second-order valence-corrected chi connectivity index (χ2v) is 11.8. The van der Waals surface area contributed by atoms with Crippen LogP contribution in [0.1, 0.15) is 21.5 Å². The van der Waals surface area contributed by atoms with E-state index in [1.54, 1.807) is 25.1 Å². The number of rotatable bonds is 5. The summed E-state index contributed by atoms with van der Waals surface area (Å²) in [6, 6.07) is 7.34. The van der Waals surface area contributed by atoms with Crippen LogP contribution in [0, 0.1) is 13.8 Å². The molecular weight excluding hydrogens is 458 g/mol. The van der Waals surface area contributed by atoms with E-state index in [2.05, 4.69) is 4.72 Å². The number of halogens is 1. The summed E-state index contributed by atoms with van der Waals surface area (Å²) in [5.41, 5.74) is 0.0192. The van der Waals surface area contributed by atoms with Crippen LogP contribution in [-0.4, -0.2) is 34.2 Å². The average Bonchev–Trinajstić information content (AvgIpc) is 2.90. The number of sulfone groups is 1. The Bertz CT molecular complexity index is 1370. The molecule has 29 heavy (non-hydrogen) atoms. The van der Waals surface area contributed by atoms with Gasteiger partial charge in [0.2, 0.25) is 0 Å². The molecule has 2 aromatic carbocycles. The Hall–Kier alpha value is -2.14. The van der Waals surface area contributed by atoms with Gasteiger partial charge in [0.25, 0.3) is 10.0 Å². The summed E-state index contributed by atoms with van der Waals surface area (Å²) in [7, 11) is -8.06. The second kappa shape index (κ2) is 7.28. The van der Waals surface area contributed by atoms with Gasteiger partial charge >= 0.3 is 5.97 Å². The molecule has 1 heterocycles. The summed E-state index contributed by atoms with van der Waals surface area (Å²) in [5, 5.41) is 10.4. The van der Waals surface area contributed by atoms with Crippen LogP contribution >= 0.6 is 22.9 Å². The number of benzene rings is 2. The van der Waals surface area contributed by atoms with E-state index in [1.807, 2.05) is 0 Å². The molecule has 0 aliphatic rings. The predicted octanol–water partition coefficient (Wildman–Crippen LogP) is 4.07. The van der Waals surface area contributed by atoms with Crippen LogP contribution in [0.5, 0.6) is 0 Å². The number of anilines is 1. The molecule has 0 fully saturated rings. The Balaban J connectivity index is 2.18. The lowest BCUT2D eigenvalue weighted by Crippen LogP contribution is -2.17. The minimum absolute atomic E-state index is 0.0224. The molecule has 1 aromatic heterocycles. The normalized spacial score (nSPS) is 12.3. The maximum absolute atomic E-state index is 13.0. The molecule has 0 amide bonds. The summed E-state index contributed by atoms with van der Waals surface area (Å²) in [6.45, 7) is 2.96. The molecule has 2 N–H and O–H groups in total. The first-order valence-electron chi connectivity index (χ1n) is 8.11. The quantitative estimate of drug-likeness (QED) is 0.576. The molecule has 0 unspecified atom stereocenters. The number of thiophene rings is 1. The van der Waals surface area contributed by atoms with Crippen LogP contribution in [0.25, 0.3) is 10.1 Å². The fourth-order valence-electron chi connectivity index (χ4n) is 3.10. The Morgan fingerprint density at radius 1 is 1.07 bits per heavy atom. The third-order valence-electron chi connectivity index (χ3n) is 4.35. The first kappa shape index (κ1) is 21.6. The summed E-state index contributed by atoms with van der Waals surface area (Å²) >= 11 is 7.03. The number of carboxylic acids is 1. The third-order valence-corrected chi connectivity index (χ3v) is 9.11. The number of aryl methyl sites for hydroxylation is 1. The number of hydrogen-bond donors (Lipinski definition) is 2. The van der Waals surface area contributed by atoms with Crippen LogP contribution in [-0.2, 0) is 19.9 Å². The van der Waals surface area contributed by atoms with Crippen molar-refractivity contribution in [2.75, 3.05) is 11.0 Å². The van der Waals surface area contributed by atoms with E-state index in [0.29, 0.717) is 20.7 Å². The van der Waals surface area contributed by atoms with Gasteiger partial charge < -0.3 is 5.11 Å². The van der Waals surface area contributed by atoms with E-state index in [-0.39, 0.29) is 25.9 Å². The number of carbonyl (C=O) groups is 1. The summed E-state index contributed by atoms with van der Waals surface area (Å²) in [4.78, 5) is 11.0. The summed E-state index contributed by atoms with van der Waals surface area (Å²) in [6.07, 6.45) is 0.894. The smallest absolute Gasteiger partial charge is 0.335 e. The van der Waals surface area contributed by atoms with Crippen molar-refractivity contribution in [3.63, 3.8) is 0 Å². The van der Waals surface area contributed by atoms with Crippen molar-refractivity contribution >= 4 is 64.5 Å². The van der Waals surface area contributed by atoms with Gasteiger partial charge in [-0.1, -0.05) is 11.6 Å². The van der Waals surface area contributed by atoms with Crippen LogP contribution in [0.15, 0.2) is 39.4 Å². The Morgan fingerprint density at radius 2 is 1.72 bits per heavy atom. The Morgan fingerprint density at radius 3 is 2.31 bits per heavy atom. The molecule has 0 atom stereocenters. The molecule has 0 saturated heterocycles. The van der Waals surface area contributed by atoms with Crippen molar-refractivity contribution in [1.82, 2.24) is 0 Å². The Kier molecular flexibility index (Phi) is 5.41. The summed E-state index contributed by atoms with van der Waals surface area (Å²) in [5.74, 6) is -1.31. The number of hydrogen-bond acceptors (Lipinski definition) is 6. The zero-order chi connectivity index (χ0) is 21.7. The van der Waals surface area contributed by atoms with Gasteiger partial charge in [0.1, 0.15) is 4.21 Å². The molecule has 0 spiro atoms. The van der Waals surface area contributed by atoms with E-state index < -0.39 is 25.8 Å². The highest BCUT2D eigenvalue weighted by Gasteiger charge is 2.27. The van der Waals surface area contributed by atoms with Gasteiger partial charge in [-0.2, -0.15) is 0 Å². The Labute approximate surface area is 176 Å². The lowest BCUT2D eigenvalue weighted by atomic mass is 10.1. The zero-order valence-electron chi connectivity index (χ0n) is 15.5. The van der Waals surface area contributed by atoms with Crippen molar-refractivity contribution in [3.05, 3.63) is 52.0 Å². The fraction of sp³-hybridized carbons (Fsp3) is 0.167. The minimum Gasteiger partial charge on any atom is -0.478 e. The third kappa shape index (κ3) is 3.97. The lowest BCUT2D eigenvalue weighted by Gasteiger charge is -2.15. The monoisotopic (exact) mass is 473 g/mol. The van der Waals surface area contributed by atoms with Gasteiger partial charge in [-0.25, -0.2) is 21.6 Å². The van der Waals surface area contributed by atoms with Gasteiger partial charge in [0.05, 0.1) is 16.1 Å². The van der Waals surface area contributed by atoms with Gasteiger partial charge in [-0.3, -0.25) is 4.72 Å². The molecule has 0 radical (unpaired) electrons. The van der Waals surface area contributed by atoms with Crippen LogP contribution in [0.4, 0.5) is 5.69 Å². The molecule has 0 saturated carbocycles. The van der Waals surface area contributed by atoms with Gasteiger partial charge in [-0.15, -0.1) is 11.3 Å². The van der Waals surface area contributed by atoms with Crippen molar-refractivity contribution in [2.45, 2.75) is 23.0 Å². The molecule has 3 rings (SSSR count). The fourth-order valence-corrected chi connectivity index (χ4v) is 7.34. The maximum Gasteiger partial charge on any atom is 0.335 e. The number of carboxylic acid groups (broad SMARTS) is 1. The first-order valence-corrected chi connectivity index (χ1v) is 12.7. The molecule has 11 heteroatoms. The highest BCUT2D eigenvalue weighted by molar-refractivity contribution is 7.95. The zero-order valence-corrected chi connectivity index (χ0v) is 18.7.